The Morgan fingerprint density at radius 3 is 2.08 bits per heavy atom. The van der Waals surface area contributed by atoms with Crippen molar-refractivity contribution in [2.45, 2.75) is 45.2 Å². The molecule has 2 amide bonds. The van der Waals surface area contributed by atoms with Gasteiger partial charge in [0.1, 0.15) is 12.1 Å². The number of amides is 2. The van der Waals surface area contributed by atoms with Crippen LogP contribution >= 0.6 is 0 Å². The Morgan fingerprint density at radius 1 is 1.00 bits per heavy atom. The van der Waals surface area contributed by atoms with Crippen LogP contribution in [0.2, 0.25) is 0 Å². The van der Waals surface area contributed by atoms with Crippen molar-refractivity contribution in [2.75, 3.05) is 25.1 Å². The fraction of sp³-hybridized carbons (Fsp3) is 0.458. The van der Waals surface area contributed by atoms with E-state index in [9.17, 15) is 41.0 Å². The molecule has 2 unspecified atom stereocenters. The average molecular weight is 546 g/mol. The highest BCUT2D eigenvalue weighted by molar-refractivity contribution is 5.84. The van der Waals surface area contributed by atoms with E-state index in [4.69, 9.17) is 0 Å². The molecule has 8 nitrogen and oxygen atoms in total. The molecule has 2 aromatic rings. The fourth-order valence-electron chi connectivity index (χ4n) is 4.25. The van der Waals surface area contributed by atoms with E-state index in [0.717, 1.165) is 0 Å². The van der Waals surface area contributed by atoms with Crippen molar-refractivity contribution >= 4 is 17.7 Å². The zero-order valence-corrected chi connectivity index (χ0v) is 20.7. The Balaban J connectivity index is 1.90. The number of carbonyl (C=O) groups is 2. The average Bonchev–Trinajstić information content (AvgIpc) is 2.81. The lowest BCUT2D eigenvalue weighted by Crippen LogP contribution is -2.63. The molecule has 1 fully saturated rings. The van der Waals surface area contributed by atoms with Gasteiger partial charge in [-0.1, -0.05) is 26.8 Å². The largest absolute Gasteiger partial charge is 0.530 e. The Morgan fingerprint density at radius 2 is 1.61 bits per heavy atom. The van der Waals surface area contributed by atoms with Crippen molar-refractivity contribution in [1.82, 2.24) is 20.2 Å². The van der Waals surface area contributed by atoms with E-state index in [1.807, 2.05) is 20.8 Å². The topological polar surface area (TPSA) is 101 Å². The van der Waals surface area contributed by atoms with E-state index < -0.39 is 58.7 Å². The molecule has 14 heteroatoms. The summed E-state index contributed by atoms with van der Waals surface area (Å²) in [5, 5.41) is 11.7. The maximum atomic E-state index is 13.3. The van der Waals surface area contributed by atoms with Crippen LogP contribution in [0.15, 0.2) is 42.6 Å². The van der Waals surface area contributed by atoms with Gasteiger partial charge in [-0.15, -0.1) is 0 Å². The molecule has 1 aliphatic rings. The monoisotopic (exact) mass is 546 g/mol. The lowest BCUT2D eigenvalue weighted by Gasteiger charge is -2.49. The summed E-state index contributed by atoms with van der Waals surface area (Å²) < 4.78 is 79.2. The molecule has 0 spiro atoms. The summed E-state index contributed by atoms with van der Waals surface area (Å²) in [6, 6.07) is 3.90. The number of hydrazine groups is 1. The van der Waals surface area contributed by atoms with Gasteiger partial charge in [0, 0.05) is 31.9 Å². The maximum Gasteiger partial charge on any atom is 0.416 e. The molecule has 0 aliphatic carbocycles. The Labute approximate surface area is 214 Å². The number of halogens is 6. The smallest absolute Gasteiger partial charge is 0.416 e. The molecule has 2 N–H and O–H groups in total. The number of carboxylic acid groups (broad SMARTS) is 1. The van der Waals surface area contributed by atoms with Gasteiger partial charge >= 0.3 is 12.4 Å². The van der Waals surface area contributed by atoms with Crippen molar-refractivity contribution in [3.8, 4) is 0 Å². The second-order valence-electron chi connectivity index (χ2n) is 9.90. The summed E-state index contributed by atoms with van der Waals surface area (Å²) in [5.74, 6) is -0.816. The number of pyridine rings is 1. The molecule has 38 heavy (non-hydrogen) atoms. The van der Waals surface area contributed by atoms with E-state index in [0.29, 0.717) is 12.1 Å². The van der Waals surface area contributed by atoms with Gasteiger partial charge in [-0.25, -0.2) is 0 Å². The second-order valence-corrected chi connectivity index (χ2v) is 9.90. The third-order valence-electron chi connectivity index (χ3n) is 6.15. The molecule has 1 aromatic carbocycles. The maximum absolute atomic E-state index is 13.3. The number of hydrogen-bond donors (Lipinski definition) is 2. The second kappa shape index (κ2) is 10.7. The normalized spacial score (nSPS) is 18.1. The van der Waals surface area contributed by atoms with Crippen molar-refractivity contribution < 1.29 is 41.0 Å². The van der Waals surface area contributed by atoms with Gasteiger partial charge in [-0.2, -0.15) is 26.3 Å². The number of anilines is 1. The summed E-state index contributed by atoms with van der Waals surface area (Å²) in [5.41, 5.74) is 0.335. The number of alkyl halides is 6. The van der Waals surface area contributed by atoms with Crippen LogP contribution in [0.5, 0.6) is 0 Å². The first-order chi connectivity index (χ1) is 17.5. The predicted molar refractivity (Wildman–Crippen MR) is 122 cm³/mol. The molecule has 2 heterocycles. The number of aromatic nitrogens is 1. The van der Waals surface area contributed by atoms with Crippen molar-refractivity contribution in [3.63, 3.8) is 0 Å². The van der Waals surface area contributed by atoms with Crippen LogP contribution in [0.25, 0.3) is 0 Å². The van der Waals surface area contributed by atoms with Crippen molar-refractivity contribution in [1.29, 1.82) is 0 Å². The minimum atomic E-state index is -5.06. The third-order valence-corrected chi connectivity index (χ3v) is 6.15. The number of piperazine rings is 1. The summed E-state index contributed by atoms with van der Waals surface area (Å²) in [6.45, 7) is 5.66. The van der Waals surface area contributed by atoms with Crippen LogP contribution in [0.3, 0.4) is 0 Å². The SMILES string of the molecule is CC(C)(C)C1CN(C(C(=O)NNc2cc(C(F)(F)F)cc(C(F)(F)F)c2)c2ccccn2)CCN1C(=O)[O-]. The highest BCUT2D eigenvalue weighted by Crippen LogP contribution is 2.37. The number of nitrogens with one attached hydrogen (secondary N) is 2. The van der Waals surface area contributed by atoms with E-state index in [-0.39, 0.29) is 31.4 Å². The first-order valence-electron chi connectivity index (χ1n) is 11.5. The van der Waals surface area contributed by atoms with Gasteiger partial charge in [0.2, 0.25) is 0 Å². The Bertz CT molecular complexity index is 1120. The molecule has 1 aliphatic heterocycles. The molecule has 2 atom stereocenters. The molecule has 208 valence electrons. The zero-order chi connectivity index (χ0) is 28.5. The van der Waals surface area contributed by atoms with E-state index >= 15 is 0 Å². The van der Waals surface area contributed by atoms with E-state index in [1.54, 1.807) is 17.0 Å². The third kappa shape index (κ3) is 6.85. The molecule has 0 saturated carbocycles. The van der Waals surface area contributed by atoms with Crippen molar-refractivity contribution in [3.05, 3.63) is 59.4 Å². The minimum Gasteiger partial charge on any atom is -0.530 e. The van der Waals surface area contributed by atoms with Crippen LogP contribution in [0, 0.1) is 5.41 Å². The number of rotatable bonds is 5. The van der Waals surface area contributed by atoms with Crippen LogP contribution < -0.4 is 16.0 Å². The van der Waals surface area contributed by atoms with Gasteiger partial charge in [0.25, 0.3) is 5.91 Å². The van der Waals surface area contributed by atoms with Crippen LogP contribution in [0.4, 0.5) is 36.8 Å². The standard InChI is InChI=1S/C24H27F6N5O3/c1-22(2,3)18-13-34(8-9-35(18)21(37)38)19(17-6-4-5-7-31-17)20(36)33-32-16-11-14(23(25,26)27)10-15(12-16)24(28,29)30/h4-7,10-12,18-19,32H,8-9,13H2,1-3H3,(H,33,36)(H,37,38)/p-1. The fourth-order valence-corrected chi connectivity index (χ4v) is 4.25. The highest BCUT2D eigenvalue weighted by atomic mass is 19.4. The quantitative estimate of drug-likeness (QED) is 0.439. The minimum absolute atomic E-state index is 0.0108. The lowest BCUT2D eigenvalue weighted by molar-refractivity contribution is -0.272. The molecule has 1 aromatic heterocycles. The van der Waals surface area contributed by atoms with Crippen LogP contribution in [-0.2, 0) is 17.1 Å². The first kappa shape index (κ1) is 29.0. The summed E-state index contributed by atoms with van der Waals surface area (Å²) in [6.07, 6.45) is -10.1. The molecule has 3 rings (SSSR count). The van der Waals surface area contributed by atoms with Crippen LogP contribution in [0.1, 0.15) is 43.6 Å². The summed E-state index contributed by atoms with van der Waals surface area (Å²) in [7, 11) is 0. The van der Waals surface area contributed by atoms with Gasteiger partial charge in [0.05, 0.1) is 22.5 Å². The van der Waals surface area contributed by atoms with Gasteiger partial charge in [0.15, 0.2) is 0 Å². The van der Waals surface area contributed by atoms with Gasteiger partial charge in [-0.3, -0.25) is 25.5 Å². The summed E-state index contributed by atoms with van der Waals surface area (Å²) >= 11 is 0. The van der Waals surface area contributed by atoms with Crippen molar-refractivity contribution in [2.24, 2.45) is 5.41 Å². The first-order valence-corrected chi connectivity index (χ1v) is 11.5. The highest BCUT2D eigenvalue weighted by Gasteiger charge is 2.41. The number of carbonyl (C=O) groups excluding carboxylic acids is 2. The molecule has 0 bridgehead atoms. The molecular formula is C24H26F6N5O3-. The number of benzene rings is 1. The van der Waals surface area contributed by atoms with E-state index in [2.05, 4.69) is 15.8 Å². The molecule has 1 saturated heterocycles. The Kier molecular flexibility index (Phi) is 8.15. The van der Waals surface area contributed by atoms with Crippen LogP contribution in [-0.4, -0.2) is 52.5 Å². The predicted octanol–water partition coefficient (Wildman–Crippen LogP) is 3.68. The van der Waals surface area contributed by atoms with Gasteiger partial charge in [-0.05, 0) is 35.7 Å². The molecular weight excluding hydrogens is 520 g/mol. The van der Waals surface area contributed by atoms with E-state index in [1.165, 1.54) is 17.2 Å². The van der Waals surface area contributed by atoms with Gasteiger partial charge < -0.3 is 14.8 Å². The lowest BCUT2D eigenvalue weighted by atomic mass is 9.84. The number of nitrogens with zero attached hydrogens (tertiary/aromatic N) is 3. The molecule has 0 radical (unpaired) electrons. The summed E-state index contributed by atoms with van der Waals surface area (Å²) in [4.78, 5) is 32.0. The zero-order valence-electron chi connectivity index (χ0n) is 20.7. The number of hydrogen-bond acceptors (Lipinski definition) is 6. The Hall–Kier alpha value is -3.55.